The molecular formula is AlF2KMg3O10Si3. The van der Waals surface area contributed by atoms with Crippen LogP contribution in [0.1, 0.15) is 0 Å². The molecule has 20 heavy (non-hydrogen) atoms. The van der Waals surface area contributed by atoms with E-state index in [-0.39, 0.29) is 56.1 Å². The second-order valence-electron chi connectivity index (χ2n) is 0.618. The molecule has 0 spiro atoms. The maximum atomic E-state index is 10.8. The van der Waals surface area contributed by atoms with Crippen molar-refractivity contribution >= 4 is 108 Å². The van der Waals surface area contributed by atoms with E-state index in [1.165, 1.54) is 0 Å². The first-order valence-corrected chi connectivity index (χ1v) is 8.25. The van der Waals surface area contributed by atoms with Crippen LogP contribution in [0, 0.1) is 0 Å². The third-order valence-electron chi connectivity index (χ3n) is 0.141. The Kier molecular flexibility index (Phi) is 240. The zero-order chi connectivity index (χ0) is 16.4. The second-order valence-corrected chi connectivity index (χ2v) is 2.56. The Hall–Kier alpha value is 2.98. The monoisotopic (exact) mass is 420 g/mol. The molecule has 0 amide bonds. The van der Waals surface area contributed by atoms with E-state index in [9.17, 15) is 7.91 Å². The van der Waals surface area contributed by atoms with Gasteiger partial charge in [-0.25, -0.2) is 0 Å². The fourth-order valence-electron chi connectivity index (χ4n) is 0.0378. The third-order valence-corrected chi connectivity index (χ3v) is 1.27. The van der Waals surface area contributed by atoms with Gasteiger partial charge in [0.05, 0.1) is 0 Å². The van der Waals surface area contributed by atoms with Crippen molar-refractivity contribution < 1.29 is 99.3 Å². The quantitative estimate of drug-likeness (QED) is 0.309. The summed E-state index contributed by atoms with van der Waals surface area (Å²) in [6, 6.07) is 0. The van der Waals surface area contributed by atoms with Crippen molar-refractivity contribution in [3.8, 4) is 0 Å². The van der Waals surface area contributed by atoms with Gasteiger partial charge in [-0.15, -0.1) is 0 Å². The van der Waals surface area contributed by atoms with Crippen LogP contribution in [0.5, 0.6) is 0 Å². The van der Waals surface area contributed by atoms with Crippen LogP contribution in [0.25, 0.3) is 0 Å². The molecule has 0 atom stereocenters. The Morgan fingerprint density at radius 1 is 0.900 bits per heavy atom. The van der Waals surface area contributed by atoms with E-state index >= 15 is 0 Å². The first-order valence-electron chi connectivity index (χ1n) is 2.75. The molecule has 0 aromatic heterocycles. The van der Waals surface area contributed by atoms with Gasteiger partial charge in [0, 0.05) is 0 Å². The van der Waals surface area contributed by atoms with Crippen molar-refractivity contribution in [1.29, 1.82) is 0 Å². The topological polar surface area (TPSA) is 163 Å². The minimum atomic E-state index is -3.41. The Labute approximate surface area is 203 Å². The molecule has 0 unspecified atom stereocenters. The normalized spacial score (nSPS) is 3.55. The molecule has 0 radical (unpaired) electrons. The van der Waals surface area contributed by atoms with E-state index < -0.39 is 43.3 Å². The number of hydrogen-bond acceptors (Lipinski definition) is 10. The van der Waals surface area contributed by atoms with Crippen molar-refractivity contribution in [2.75, 3.05) is 0 Å². The maximum absolute atomic E-state index is 10.8. The summed E-state index contributed by atoms with van der Waals surface area (Å²) in [4.78, 5) is 0. The molecule has 0 heterocycles. The van der Waals surface area contributed by atoms with E-state index in [1.807, 2.05) is 0 Å². The summed E-state index contributed by atoms with van der Waals surface area (Å²) in [6.07, 6.45) is 0. The molecule has 0 aromatic carbocycles. The van der Waals surface area contributed by atoms with E-state index in [0.717, 1.165) is 0 Å². The van der Waals surface area contributed by atoms with Crippen LogP contribution in [0.2, 0.25) is 0 Å². The first-order chi connectivity index (χ1) is 8.60. The zero-order valence-electron chi connectivity index (χ0n) is 10.0. The summed E-state index contributed by atoms with van der Waals surface area (Å²) in [5, 5.41) is 0. The standard InChI is InChI=1S/Al.FO2Si.FH.K.3Mg.2O2Si.4O/c;1-4(2)3;;;;;;2*1-3-2;;;;/h;;1H;;;;;;;;;;/q+1;-1;;+1;;;;;;;;;/p-1. The van der Waals surface area contributed by atoms with Gasteiger partial charge in [0.2, 0.25) is 0 Å². The summed E-state index contributed by atoms with van der Waals surface area (Å²) in [7, 11) is -6.24. The predicted octanol–water partition coefficient (Wildman–Crippen LogP) is -9.38. The summed E-state index contributed by atoms with van der Waals surface area (Å²) < 4.78 is 91.1. The van der Waals surface area contributed by atoms with E-state index in [0.29, 0.717) is 65.1 Å². The fourth-order valence-corrected chi connectivity index (χ4v) is 0.340. The molecule has 0 aliphatic carbocycles. The Morgan fingerprint density at radius 2 is 1.05 bits per heavy atom. The van der Waals surface area contributed by atoms with Crippen LogP contribution >= 0.6 is 0 Å². The molecule has 0 saturated carbocycles. The second kappa shape index (κ2) is 97.1. The Morgan fingerprint density at radius 3 is 1.05 bits per heavy atom. The summed E-state index contributed by atoms with van der Waals surface area (Å²) in [6.45, 7) is 0. The van der Waals surface area contributed by atoms with Crippen molar-refractivity contribution in [2.45, 2.75) is 0 Å². The minimum absolute atomic E-state index is 0. The van der Waals surface area contributed by atoms with E-state index in [4.69, 9.17) is 31.8 Å². The summed E-state index contributed by atoms with van der Waals surface area (Å²) in [5.41, 5.74) is 0. The van der Waals surface area contributed by atoms with Gasteiger partial charge in [-0.3, -0.25) is 17.8 Å². The Bertz CT molecular complexity index is 231. The van der Waals surface area contributed by atoms with Crippen LogP contribution in [0.3, 0.4) is 0 Å². The Balaban J connectivity index is -0.0000000152. The van der Waals surface area contributed by atoms with Gasteiger partial charge < -0.3 is 4.70 Å². The van der Waals surface area contributed by atoms with Crippen LogP contribution in [0.15, 0.2) is 0 Å². The van der Waals surface area contributed by atoms with Crippen LogP contribution in [-0.4, -0.2) is 108 Å². The van der Waals surface area contributed by atoms with Crippen LogP contribution in [-0.2, 0) is 39.1 Å². The van der Waals surface area contributed by atoms with Gasteiger partial charge in [0.1, 0.15) is 0 Å². The number of hydrogen-bond donors (Lipinski definition) is 0. The molecule has 0 saturated heterocycles. The van der Waals surface area contributed by atoms with Gasteiger partial charge >= 0.3 is 185 Å². The molecule has 10 nitrogen and oxygen atoms in total. The van der Waals surface area contributed by atoms with Crippen LogP contribution in [0.4, 0.5) is 4.11 Å². The van der Waals surface area contributed by atoms with Gasteiger partial charge in [-0.1, -0.05) is 0 Å². The van der Waals surface area contributed by atoms with Crippen LogP contribution < -0.4 is 56.1 Å². The molecule has 0 N–H and O–H groups in total. The van der Waals surface area contributed by atoms with Gasteiger partial charge in [-0.05, 0) is 0 Å². The average molecular weight is 421 g/mol. The van der Waals surface area contributed by atoms with Gasteiger partial charge in [0.25, 0.3) is 0 Å². The third kappa shape index (κ3) is 234. The first kappa shape index (κ1) is 49.5. The molecule has 0 aromatic rings. The van der Waals surface area contributed by atoms with Crippen molar-refractivity contribution in [3.05, 3.63) is 0 Å². The van der Waals surface area contributed by atoms with E-state index in [1.54, 1.807) is 0 Å². The SMILES string of the molecule is O=[Si]=O.O=[Si]=O.[F-].[K+].[O]=[Al][O][Si](=O)F.[O]=[Mg].[O]=[Mg].[O]=[Mg]. The number of halogens is 2. The van der Waals surface area contributed by atoms with Gasteiger partial charge in [-0.2, -0.15) is 0 Å². The molecule has 0 rings (SSSR count). The molecule has 20 heteroatoms. The molecule has 0 aliphatic rings. The summed E-state index contributed by atoms with van der Waals surface area (Å²) >= 11 is 0.193. The molecule has 0 aliphatic heterocycles. The van der Waals surface area contributed by atoms with Crippen molar-refractivity contribution in [2.24, 2.45) is 0 Å². The summed E-state index contributed by atoms with van der Waals surface area (Å²) in [5.74, 6) is 0. The average Bonchev–Trinajstić information content (AvgIpc) is 2.38. The number of rotatable bonds is 2. The molecule has 0 fully saturated rings. The predicted molar refractivity (Wildman–Crippen MR) is 48.6 cm³/mol. The van der Waals surface area contributed by atoms with Gasteiger partial charge in [0.15, 0.2) is 0 Å². The van der Waals surface area contributed by atoms with E-state index in [2.05, 4.69) is 3.48 Å². The fraction of sp³-hybridized carbons (Fsp3) is 0. The molecule has 0 bridgehead atoms. The zero-order valence-corrected chi connectivity index (χ0v) is 21.6. The van der Waals surface area contributed by atoms with Crippen molar-refractivity contribution in [3.63, 3.8) is 0 Å². The molecule has 96 valence electrons. The van der Waals surface area contributed by atoms with Crippen molar-refractivity contribution in [1.82, 2.24) is 0 Å². The molecular weight excluding hydrogens is 421 g/mol.